The highest BCUT2D eigenvalue weighted by molar-refractivity contribution is 8.00. The number of carboxylic acids is 1. The van der Waals surface area contributed by atoms with Gasteiger partial charge in [-0.25, -0.2) is 26.3 Å². The summed E-state index contributed by atoms with van der Waals surface area (Å²) in [6, 6.07) is 8.71. The lowest BCUT2D eigenvalue weighted by Crippen LogP contribution is -2.53. The third kappa shape index (κ3) is 6.30. The van der Waals surface area contributed by atoms with Gasteiger partial charge in [0.15, 0.2) is 5.50 Å². The van der Waals surface area contributed by atoms with Crippen LogP contribution in [0.25, 0.3) is 0 Å². The molecule has 2 heterocycles. The summed E-state index contributed by atoms with van der Waals surface area (Å²) in [6.45, 7) is -0.297. The summed E-state index contributed by atoms with van der Waals surface area (Å²) in [4.78, 5) is 14.4. The number of hydrogen-bond donors (Lipinski definition) is 1. The first kappa shape index (κ1) is 29.2. The van der Waals surface area contributed by atoms with Crippen molar-refractivity contribution in [3.63, 3.8) is 0 Å². The summed E-state index contributed by atoms with van der Waals surface area (Å²) in [5.74, 6) is -4.91. The molecule has 13 heteroatoms. The smallest absolute Gasteiger partial charge is 0.317 e. The Morgan fingerprint density at radius 1 is 1.20 bits per heavy atom. The van der Waals surface area contributed by atoms with E-state index in [0.29, 0.717) is 21.2 Å². The number of anilines is 2. The number of rotatable bonds is 10. The predicted octanol–water partition coefficient (Wildman–Crippen LogP) is 7.40. The number of ether oxygens (including phenoxy) is 2. The lowest BCUT2D eigenvalue weighted by Gasteiger charge is -2.37. The Balaban J connectivity index is 1.52. The van der Waals surface area contributed by atoms with E-state index in [9.17, 15) is 31.9 Å². The summed E-state index contributed by atoms with van der Waals surface area (Å²) < 4.78 is 93.6. The van der Waals surface area contributed by atoms with Crippen molar-refractivity contribution in [1.29, 1.82) is 0 Å². The van der Waals surface area contributed by atoms with Crippen molar-refractivity contribution in [3.8, 4) is 5.75 Å². The molecule has 5 nitrogen and oxygen atoms in total. The normalized spacial score (nSPS) is 23.6. The molecule has 0 spiro atoms. The van der Waals surface area contributed by atoms with Gasteiger partial charge in [0.1, 0.15) is 23.6 Å². The monoisotopic (exact) mass is 607 g/mol. The van der Waals surface area contributed by atoms with Crippen LogP contribution < -0.4 is 9.64 Å². The zero-order valence-corrected chi connectivity index (χ0v) is 22.8. The van der Waals surface area contributed by atoms with Gasteiger partial charge in [-0.2, -0.15) is 0 Å². The second-order valence-electron chi connectivity index (χ2n) is 10.4. The molecule has 0 amide bonds. The molecule has 0 aromatic heterocycles. The number of hydrogen-bond acceptors (Lipinski definition) is 6. The van der Waals surface area contributed by atoms with Crippen molar-refractivity contribution < 1.29 is 45.7 Å². The summed E-state index contributed by atoms with van der Waals surface area (Å²) in [7, 11) is 0. The average molecular weight is 608 g/mol. The molecule has 1 saturated heterocycles. The van der Waals surface area contributed by atoms with Gasteiger partial charge >= 0.3 is 5.97 Å². The lowest BCUT2D eigenvalue weighted by atomic mass is 9.87. The van der Waals surface area contributed by atoms with Crippen LogP contribution in [0.15, 0.2) is 46.2 Å². The van der Waals surface area contributed by atoms with Gasteiger partial charge in [-0.1, -0.05) is 11.8 Å². The molecule has 3 aliphatic rings. The third-order valence-electron chi connectivity index (χ3n) is 7.30. The molecule has 2 unspecified atom stereocenters. The maximum atomic E-state index is 15.5. The molecule has 2 atom stereocenters. The van der Waals surface area contributed by atoms with Crippen molar-refractivity contribution in [1.82, 2.24) is 0 Å². The first-order valence-corrected chi connectivity index (χ1v) is 14.5. The highest BCUT2D eigenvalue weighted by atomic mass is 32.2. The third-order valence-corrected chi connectivity index (χ3v) is 9.73. The van der Waals surface area contributed by atoms with Crippen LogP contribution in [0.4, 0.5) is 37.7 Å². The summed E-state index contributed by atoms with van der Waals surface area (Å²) in [5, 5.41) is 9.24. The van der Waals surface area contributed by atoms with Crippen molar-refractivity contribution in [2.45, 2.75) is 58.6 Å². The molecular weight excluding hydrogens is 580 g/mol. The molecule has 2 aromatic rings. The number of halogens is 6. The Morgan fingerprint density at radius 2 is 1.90 bits per heavy atom. The predicted molar refractivity (Wildman–Crippen MR) is 140 cm³/mol. The maximum Gasteiger partial charge on any atom is 0.317 e. The first-order valence-electron chi connectivity index (χ1n) is 12.7. The minimum Gasteiger partial charge on any atom is -0.491 e. The fraction of sp³-hybridized carbons (Fsp3) is 0.519. The number of carboxylic acid groups (broad SMARTS) is 1. The Kier molecular flexibility index (Phi) is 8.45. The van der Waals surface area contributed by atoms with Gasteiger partial charge in [-0.15, -0.1) is 11.8 Å². The second kappa shape index (κ2) is 11.6. The SMILES string of the molecule is O=C(O)C1(COc2cc3c(cc2SC2CC(F)(F)C2)N(c2ccc(F)cc2)CC(CCC(F)F)C(F)S3)COC1. The first-order chi connectivity index (χ1) is 18.9. The number of benzene rings is 2. The molecule has 218 valence electrons. The van der Waals surface area contributed by atoms with Crippen LogP contribution >= 0.6 is 23.5 Å². The van der Waals surface area contributed by atoms with Gasteiger partial charge in [-0.3, -0.25) is 4.79 Å². The largest absolute Gasteiger partial charge is 0.491 e. The molecule has 2 fully saturated rings. The second-order valence-corrected chi connectivity index (χ2v) is 12.9. The van der Waals surface area contributed by atoms with Crippen LogP contribution in [0.5, 0.6) is 5.75 Å². The van der Waals surface area contributed by atoms with E-state index in [1.807, 2.05) is 0 Å². The van der Waals surface area contributed by atoms with Gasteiger partial charge in [0.25, 0.3) is 0 Å². The minimum absolute atomic E-state index is 0.0325. The van der Waals surface area contributed by atoms with E-state index in [1.54, 1.807) is 17.0 Å². The highest BCUT2D eigenvalue weighted by Gasteiger charge is 2.48. The van der Waals surface area contributed by atoms with Crippen molar-refractivity contribution >= 4 is 40.9 Å². The van der Waals surface area contributed by atoms with Crippen LogP contribution in [0.1, 0.15) is 25.7 Å². The summed E-state index contributed by atoms with van der Waals surface area (Å²) >= 11 is 2.00. The van der Waals surface area contributed by atoms with Crippen LogP contribution in [0, 0.1) is 17.2 Å². The van der Waals surface area contributed by atoms with Crippen LogP contribution in [-0.2, 0) is 9.53 Å². The Hall–Kier alpha value is -2.25. The molecule has 2 aliphatic heterocycles. The number of nitrogens with zero attached hydrogens (tertiary/aromatic N) is 1. The number of aliphatic carboxylic acids is 1. The topological polar surface area (TPSA) is 59.0 Å². The average Bonchev–Trinajstić information content (AvgIpc) is 2.97. The molecule has 0 bridgehead atoms. The molecule has 1 N–H and O–H groups in total. The maximum absolute atomic E-state index is 15.5. The van der Waals surface area contributed by atoms with E-state index < -0.39 is 52.6 Å². The molecule has 5 rings (SSSR count). The van der Waals surface area contributed by atoms with E-state index >= 15 is 4.39 Å². The fourth-order valence-electron chi connectivity index (χ4n) is 4.80. The van der Waals surface area contributed by atoms with E-state index in [2.05, 4.69) is 0 Å². The lowest BCUT2D eigenvalue weighted by molar-refractivity contribution is -0.185. The number of alkyl halides is 5. The van der Waals surface area contributed by atoms with Crippen LogP contribution in [0.3, 0.4) is 0 Å². The minimum atomic E-state index is -2.77. The van der Waals surface area contributed by atoms with E-state index in [-0.39, 0.29) is 51.4 Å². The van der Waals surface area contributed by atoms with Gasteiger partial charge in [0, 0.05) is 47.6 Å². The molecule has 0 radical (unpaired) electrons. The zero-order valence-electron chi connectivity index (χ0n) is 21.1. The molecule has 1 aliphatic carbocycles. The summed E-state index contributed by atoms with van der Waals surface area (Å²) in [6.07, 6.45) is -3.83. The quantitative estimate of drug-likeness (QED) is 0.283. The zero-order chi connectivity index (χ0) is 28.7. The standard InChI is InChI=1S/C27H27F6NO4S2/c28-16-2-4-17(5-3-16)34-11-15(1-6-23(29)30)24(31)40-21-8-20(38-14-26(25(35)36)12-37-13-26)22(7-19(21)34)39-18-9-27(32,33)10-18/h2-5,7-8,15,18,23-24H,1,6,9-14H2,(H,35,36). The van der Waals surface area contributed by atoms with E-state index in [0.717, 1.165) is 11.8 Å². The van der Waals surface area contributed by atoms with Gasteiger partial charge < -0.3 is 19.5 Å². The van der Waals surface area contributed by atoms with Gasteiger partial charge in [0.2, 0.25) is 12.3 Å². The summed E-state index contributed by atoms with van der Waals surface area (Å²) in [5.41, 5.74) is -1.80. The van der Waals surface area contributed by atoms with Crippen molar-refractivity contribution in [2.75, 3.05) is 31.3 Å². The number of fused-ring (bicyclic) bond motifs is 1. The Bertz CT molecular complexity index is 1220. The Morgan fingerprint density at radius 3 is 2.48 bits per heavy atom. The van der Waals surface area contributed by atoms with Gasteiger partial charge in [0.05, 0.1) is 23.8 Å². The van der Waals surface area contributed by atoms with Crippen LogP contribution in [-0.4, -0.2) is 60.5 Å². The van der Waals surface area contributed by atoms with Crippen molar-refractivity contribution in [2.24, 2.45) is 11.3 Å². The highest BCUT2D eigenvalue weighted by Crippen LogP contribution is 2.53. The molecule has 1 saturated carbocycles. The van der Waals surface area contributed by atoms with Gasteiger partial charge in [-0.05, 0) is 42.8 Å². The Labute approximate surface area is 235 Å². The number of carbonyl (C=O) groups is 1. The number of thioether (sulfide) groups is 2. The van der Waals surface area contributed by atoms with E-state index in [4.69, 9.17) is 9.47 Å². The fourth-order valence-corrected chi connectivity index (χ4v) is 7.35. The molecule has 2 aromatic carbocycles. The van der Waals surface area contributed by atoms with E-state index in [1.165, 1.54) is 36.0 Å². The molecular formula is C27H27F6NO4S2. The molecule has 40 heavy (non-hydrogen) atoms. The van der Waals surface area contributed by atoms with Crippen molar-refractivity contribution in [3.05, 3.63) is 42.2 Å². The van der Waals surface area contributed by atoms with Crippen LogP contribution in [0.2, 0.25) is 0 Å².